The van der Waals surface area contributed by atoms with Gasteiger partial charge in [0.25, 0.3) is 0 Å². The Morgan fingerprint density at radius 2 is 2.05 bits per heavy atom. The molecule has 98 valence electrons. The maximum Gasteiger partial charge on any atom is 0.248 e. The number of ether oxygens (including phenoxy) is 1. The largest absolute Gasteiger partial charge is 0.489 e. The van der Waals surface area contributed by atoms with Crippen LogP contribution in [0, 0.1) is 5.82 Å². The zero-order chi connectivity index (χ0) is 13.8. The standard InChI is InChI=1S/C14H11ClFNO2/c15-11-2-1-3-12(7-11)19-8-10-6-9(14(17)18)4-5-13(10)16/h1-7H,8H2,(H2,17,18). The first-order chi connectivity index (χ1) is 9.06. The Hall–Kier alpha value is -2.07. The summed E-state index contributed by atoms with van der Waals surface area (Å²) >= 11 is 5.81. The van der Waals surface area contributed by atoms with E-state index in [-0.39, 0.29) is 17.7 Å². The highest BCUT2D eigenvalue weighted by Crippen LogP contribution is 2.19. The maximum absolute atomic E-state index is 13.6. The molecule has 0 unspecified atom stereocenters. The van der Waals surface area contributed by atoms with Crippen LogP contribution in [0.25, 0.3) is 0 Å². The van der Waals surface area contributed by atoms with Crippen LogP contribution < -0.4 is 10.5 Å². The van der Waals surface area contributed by atoms with Crippen LogP contribution >= 0.6 is 11.6 Å². The molecule has 0 aliphatic carbocycles. The van der Waals surface area contributed by atoms with E-state index in [0.717, 1.165) is 0 Å². The number of carbonyl (C=O) groups is 1. The second kappa shape index (κ2) is 5.71. The molecule has 2 N–H and O–H groups in total. The molecule has 0 saturated heterocycles. The minimum absolute atomic E-state index is 0.00665. The Bertz CT molecular complexity index is 616. The Labute approximate surface area is 114 Å². The van der Waals surface area contributed by atoms with E-state index in [0.29, 0.717) is 10.8 Å². The van der Waals surface area contributed by atoms with Crippen molar-refractivity contribution < 1.29 is 13.9 Å². The molecule has 2 rings (SSSR count). The molecular weight excluding hydrogens is 269 g/mol. The molecule has 19 heavy (non-hydrogen) atoms. The fourth-order valence-electron chi connectivity index (χ4n) is 1.56. The van der Waals surface area contributed by atoms with Crippen LogP contribution in [-0.4, -0.2) is 5.91 Å². The van der Waals surface area contributed by atoms with Crippen LogP contribution in [0.1, 0.15) is 15.9 Å². The van der Waals surface area contributed by atoms with Gasteiger partial charge >= 0.3 is 0 Å². The van der Waals surface area contributed by atoms with Crippen LogP contribution in [0.2, 0.25) is 5.02 Å². The van der Waals surface area contributed by atoms with Crippen molar-refractivity contribution in [3.8, 4) is 5.75 Å². The number of hydrogen-bond acceptors (Lipinski definition) is 2. The number of nitrogens with two attached hydrogens (primary N) is 1. The van der Waals surface area contributed by atoms with Crippen molar-refractivity contribution in [2.75, 3.05) is 0 Å². The van der Waals surface area contributed by atoms with Gasteiger partial charge in [0.15, 0.2) is 0 Å². The van der Waals surface area contributed by atoms with Gasteiger partial charge in [0.2, 0.25) is 5.91 Å². The van der Waals surface area contributed by atoms with Gasteiger partial charge in [-0.1, -0.05) is 17.7 Å². The first kappa shape index (κ1) is 13.4. The number of amides is 1. The van der Waals surface area contributed by atoms with E-state index in [1.54, 1.807) is 24.3 Å². The second-order valence-corrected chi connectivity index (χ2v) is 4.35. The van der Waals surface area contributed by atoms with Crippen molar-refractivity contribution in [1.82, 2.24) is 0 Å². The maximum atomic E-state index is 13.6. The highest BCUT2D eigenvalue weighted by Gasteiger charge is 2.08. The summed E-state index contributed by atoms with van der Waals surface area (Å²) in [6.45, 7) is -0.00665. The Morgan fingerprint density at radius 1 is 1.26 bits per heavy atom. The van der Waals surface area contributed by atoms with Crippen LogP contribution in [-0.2, 0) is 6.61 Å². The highest BCUT2D eigenvalue weighted by molar-refractivity contribution is 6.30. The van der Waals surface area contributed by atoms with Gasteiger partial charge in [0, 0.05) is 16.1 Å². The van der Waals surface area contributed by atoms with Crippen molar-refractivity contribution in [3.63, 3.8) is 0 Å². The highest BCUT2D eigenvalue weighted by atomic mass is 35.5. The Kier molecular flexibility index (Phi) is 4.02. The van der Waals surface area contributed by atoms with Gasteiger partial charge in [-0.3, -0.25) is 4.79 Å². The van der Waals surface area contributed by atoms with Crippen LogP contribution in [0.3, 0.4) is 0 Å². The summed E-state index contributed by atoms with van der Waals surface area (Å²) in [5, 5.41) is 0.531. The third kappa shape index (κ3) is 3.45. The molecule has 1 amide bonds. The van der Waals surface area contributed by atoms with E-state index in [1.807, 2.05) is 0 Å². The number of rotatable bonds is 4. The Balaban J connectivity index is 2.15. The lowest BCUT2D eigenvalue weighted by Gasteiger charge is -2.08. The lowest BCUT2D eigenvalue weighted by atomic mass is 10.1. The second-order valence-electron chi connectivity index (χ2n) is 3.92. The van der Waals surface area contributed by atoms with E-state index >= 15 is 0 Å². The van der Waals surface area contributed by atoms with Gasteiger partial charge in [-0.05, 0) is 36.4 Å². The van der Waals surface area contributed by atoms with Crippen molar-refractivity contribution in [3.05, 3.63) is 64.4 Å². The number of primary amides is 1. The number of halogens is 2. The van der Waals surface area contributed by atoms with E-state index in [1.165, 1.54) is 18.2 Å². The fraction of sp³-hybridized carbons (Fsp3) is 0.0714. The average molecular weight is 280 g/mol. The summed E-state index contributed by atoms with van der Waals surface area (Å²) in [6, 6.07) is 10.7. The van der Waals surface area contributed by atoms with E-state index in [4.69, 9.17) is 22.1 Å². The summed E-state index contributed by atoms with van der Waals surface area (Å²) in [6.07, 6.45) is 0. The smallest absolute Gasteiger partial charge is 0.248 e. The molecule has 0 aliphatic rings. The normalized spacial score (nSPS) is 10.2. The van der Waals surface area contributed by atoms with Crippen LogP contribution in [0.15, 0.2) is 42.5 Å². The van der Waals surface area contributed by atoms with Crippen LogP contribution in [0.4, 0.5) is 4.39 Å². The quantitative estimate of drug-likeness (QED) is 0.935. The third-order valence-corrected chi connectivity index (χ3v) is 2.76. The van der Waals surface area contributed by atoms with Crippen molar-refractivity contribution in [2.24, 2.45) is 5.73 Å². The first-order valence-corrected chi connectivity index (χ1v) is 5.90. The summed E-state index contributed by atoms with van der Waals surface area (Å²) in [4.78, 5) is 11.0. The molecule has 3 nitrogen and oxygen atoms in total. The molecule has 2 aromatic rings. The first-order valence-electron chi connectivity index (χ1n) is 5.53. The SMILES string of the molecule is NC(=O)c1ccc(F)c(COc2cccc(Cl)c2)c1. The van der Waals surface area contributed by atoms with Gasteiger partial charge in [0.1, 0.15) is 18.2 Å². The van der Waals surface area contributed by atoms with Gasteiger partial charge in [-0.15, -0.1) is 0 Å². The summed E-state index contributed by atoms with van der Waals surface area (Å²) in [7, 11) is 0. The molecule has 0 aromatic heterocycles. The van der Waals surface area contributed by atoms with Gasteiger partial charge in [-0.25, -0.2) is 4.39 Å². The molecule has 0 radical (unpaired) electrons. The predicted octanol–water partition coefficient (Wildman–Crippen LogP) is 3.16. The van der Waals surface area contributed by atoms with Gasteiger partial charge in [-0.2, -0.15) is 0 Å². The summed E-state index contributed by atoms with van der Waals surface area (Å²) in [5.74, 6) is -0.535. The number of carbonyl (C=O) groups excluding carboxylic acids is 1. The summed E-state index contributed by atoms with van der Waals surface area (Å²) in [5.41, 5.74) is 5.64. The molecule has 0 bridgehead atoms. The molecule has 0 fully saturated rings. The molecule has 0 atom stereocenters. The van der Waals surface area contributed by atoms with Crippen molar-refractivity contribution in [1.29, 1.82) is 0 Å². The molecule has 5 heteroatoms. The lowest BCUT2D eigenvalue weighted by molar-refractivity contribution is 0.1000. The predicted molar refractivity (Wildman–Crippen MR) is 70.7 cm³/mol. The minimum atomic E-state index is -0.607. The summed E-state index contributed by atoms with van der Waals surface area (Å²) < 4.78 is 19.0. The van der Waals surface area contributed by atoms with E-state index in [2.05, 4.69) is 0 Å². The minimum Gasteiger partial charge on any atom is -0.489 e. The molecule has 0 saturated carbocycles. The number of benzene rings is 2. The fourth-order valence-corrected chi connectivity index (χ4v) is 1.74. The van der Waals surface area contributed by atoms with E-state index < -0.39 is 11.7 Å². The van der Waals surface area contributed by atoms with E-state index in [9.17, 15) is 9.18 Å². The molecular formula is C14H11ClFNO2. The molecule has 0 heterocycles. The number of hydrogen-bond donors (Lipinski definition) is 1. The van der Waals surface area contributed by atoms with Crippen molar-refractivity contribution in [2.45, 2.75) is 6.61 Å². The molecule has 2 aromatic carbocycles. The Morgan fingerprint density at radius 3 is 2.74 bits per heavy atom. The third-order valence-electron chi connectivity index (χ3n) is 2.52. The lowest BCUT2D eigenvalue weighted by Crippen LogP contribution is -2.12. The monoisotopic (exact) mass is 279 g/mol. The molecule has 0 spiro atoms. The average Bonchev–Trinajstić information content (AvgIpc) is 2.37. The van der Waals surface area contributed by atoms with Crippen LogP contribution in [0.5, 0.6) is 5.75 Å². The topological polar surface area (TPSA) is 52.3 Å². The van der Waals surface area contributed by atoms with Crippen molar-refractivity contribution >= 4 is 17.5 Å². The van der Waals surface area contributed by atoms with Gasteiger partial charge in [0.05, 0.1) is 0 Å². The van der Waals surface area contributed by atoms with Gasteiger partial charge < -0.3 is 10.5 Å². The molecule has 0 aliphatic heterocycles. The zero-order valence-electron chi connectivity index (χ0n) is 9.90. The zero-order valence-corrected chi connectivity index (χ0v) is 10.7.